The highest BCUT2D eigenvalue weighted by Gasteiger charge is 2.29. The van der Waals surface area contributed by atoms with Crippen LogP contribution in [0.3, 0.4) is 0 Å². The van der Waals surface area contributed by atoms with Crippen LogP contribution in [0.25, 0.3) is 0 Å². The summed E-state index contributed by atoms with van der Waals surface area (Å²) in [7, 11) is 1.71. The van der Waals surface area contributed by atoms with Crippen molar-refractivity contribution in [3.8, 4) is 0 Å². The lowest BCUT2D eigenvalue weighted by atomic mass is 9.89. The number of hydrogen-bond donors (Lipinski definition) is 1. The minimum Gasteiger partial charge on any atom is -0.481 e. The van der Waals surface area contributed by atoms with Gasteiger partial charge in [-0.3, -0.25) is 9.48 Å². The number of halogens is 1. The van der Waals surface area contributed by atoms with E-state index in [0.29, 0.717) is 16.4 Å². The van der Waals surface area contributed by atoms with Gasteiger partial charge in [0.2, 0.25) is 0 Å². The van der Waals surface area contributed by atoms with Crippen LogP contribution in [0, 0.1) is 12.8 Å². The molecule has 1 atom stereocenters. The lowest BCUT2D eigenvalue weighted by Gasteiger charge is -2.16. The first-order valence-corrected chi connectivity index (χ1v) is 5.15. The number of carboxylic acids is 1. The molecular formula is C10H15ClN2O2. The predicted octanol–water partition coefficient (Wildman–Crippen LogP) is 2.21. The zero-order valence-corrected chi connectivity index (χ0v) is 10.0. The molecule has 1 heterocycles. The number of nitrogens with zero attached hydrogens (tertiary/aromatic N) is 2. The predicted molar refractivity (Wildman–Crippen MR) is 58.2 cm³/mol. The summed E-state index contributed by atoms with van der Waals surface area (Å²) in [6, 6.07) is 0. The Hall–Kier alpha value is -1.03. The number of carbonyl (C=O) groups is 1. The summed E-state index contributed by atoms with van der Waals surface area (Å²) in [4.78, 5) is 11.2. The van der Waals surface area contributed by atoms with Crippen molar-refractivity contribution >= 4 is 17.6 Å². The Bertz CT molecular complexity index is 385. The highest BCUT2D eigenvalue weighted by atomic mass is 35.5. The van der Waals surface area contributed by atoms with Crippen molar-refractivity contribution in [2.24, 2.45) is 13.0 Å². The standard InChI is InChI=1S/C10H15ClN2O2/c1-5(2)7(10(14)15)8-6(3)12-13(4)9(8)11/h5,7H,1-4H3,(H,14,15). The van der Waals surface area contributed by atoms with Gasteiger partial charge in [-0.25, -0.2) is 0 Å². The van der Waals surface area contributed by atoms with Crippen LogP contribution in [0.1, 0.15) is 31.0 Å². The molecule has 84 valence electrons. The van der Waals surface area contributed by atoms with E-state index in [4.69, 9.17) is 16.7 Å². The highest BCUT2D eigenvalue weighted by molar-refractivity contribution is 6.30. The number of aryl methyl sites for hydroxylation is 2. The summed E-state index contributed by atoms with van der Waals surface area (Å²) in [5.41, 5.74) is 1.31. The number of aromatic nitrogens is 2. The van der Waals surface area contributed by atoms with E-state index in [2.05, 4.69) is 5.10 Å². The third-order valence-electron chi connectivity index (χ3n) is 2.44. The third-order valence-corrected chi connectivity index (χ3v) is 2.89. The molecule has 0 fully saturated rings. The average Bonchev–Trinajstić information content (AvgIpc) is 2.31. The first-order valence-electron chi connectivity index (χ1n) is 4.78. The quantitative estimate of drug-likeness (QED) is 0.866. The minimum absolute atomic E-state index is 0.0112. The maximum absolute atomic E-state index is 11.2. The molecule has 1 rings (SSSR count). The minimum atomic E-state index is -0.858. The summed E-state index contributed by atoms with van der Waals surface area (Å²) >= 11 is 6.03. The molecule has 0 aliphatic rings. The van der Waals surface area contributed by atoms with Gasteiger partial charge < -0.3 is 5.11 Å². The maximum atomic E-state index is 11.2. The molecule has 4 nitrogen and oxygen atoms in total. The van der Waals surface area contributed by atoms with Crippen LogP contribution >= 0.6 is 11.6 Å². The molecular weight excluding hydrogens is 216 g/mol. The Morgan fingerprint density at radius 3 is 2.33 bits per heavy atom. The first kappa shape index (κ1) is 12.0. The van der Waals surface area contributed by atoms with E-state index < -0.39 is 11.9 Å². The fourth-order valence-corrected chi connectivity index (χ4v) is 2.03. The molecule has 1 aromatic heterocycles. The number of hydrogen-bond acceptors (Lipinski definition) is 2. The molecule has 0 amide bonds. The zero-order valence-electron chi connectivity index (χ0n) is 9.28. The molecule has 0 bridgehead atoms. The molecule has 0 saturated carbocycles. The SMILES string of the molecule is Cc1nn(C)c(Cl)c1C(C(=O)O)C(C)C. The lowest BCUT2D eigenvalue weighted by molar-refractivity contribution is -0.139. The van der Waals surface area contributed by atoms with Crippen molar-refractivity contribution in [2.75, 3.05) is 0 Å². The Kier molecular flexibility index (Phi) is 3.39. The number of rotatable bonds is 3. The zero-order chi connectivity index (χ0) is 11.7. The second-order valence-corrected chi connectivity index (χ2v) is 4.33. The van der Waals surface area contributed by atoms with Crippen molar-refractivity contribution in [3.05, 3.63) is 16.4 Å². The van der Waals surface area contributed by atoms with Crippen molar-refractivity contribution in [1.29, 1.82) is 0 Å². The van der Waals surface area contributed by atoms with Crippen LogP contribution in [0.15, 0.2) is 0 Å². The van der Waals surface area contributed by atoms with Crippen LogP contribution < -0.4 is 0 Å². The van der Waals surface area contributed by atoms with Gasteiger partial charge in [-0.2, -0.15) is 5.10 Å². The van der Waals surface area contributed by atoms with E-state index >= 15 is 0 Å². The van der Waals surface area contributed by atoms with E-state index in [9.17, 15) is 4.79 Å². The van der Waals surface area contributed by atoms with Gasteiger partial charge in [0, 0.05) is 12.6 Å². The Morgan fingerprint density at radius 2 is 2.07 bits per heavy atom. The topological polar surface area (TPSA) is 55.1 Å². The molecule has 0 spiro atoms. The molecule has 1 N–H and O–H groups in total. The number of carboxylic acid groups (broad SMARTS) is 1. The number of aliphatic carboxylic acids is 1. The van der Waals surface area contributed by atoms with Gasteiger partial charge in [0.05, 0.1) is 11.6 Å². The summed E-state index contributed by atoms with van der Waals surface area (Å²) in [5, 5.41) is 13.7. The molecule has 1 aromatic rings. The molecule has 0 saturated heterocycles. The molecule has 0 aliphatic carbocycles. The van der Waals surface area contributed by atoms with Crippen molar-refractivity contribution < 1.29 is 9.90 Å². The second-order valence-electron chi connectivity index (χ2n) is 3.97. The van der Waals surface area contributed by atoms with Crippen molar-refractivity contribution in [3.63, 3.8) is 0 Å². The summed E-state index contributed by atoms with van der Waals surface area (Å²) in [6.45, 7) is 5.50. The highest BCUT2D eigenvalue weighted by Crippen LogP contribution is 2.32. The molecule has 0 aromatic carbocycles. The second kappa shape index (κ2) is 4.23. The Balaban J connectivity index is 3.28. The fraction of sp³-hybridized carbons (Fsp3) is 0.600. The molecule has 0 radical (unpaired) electrons. The lowest BCUT2D eigenvalue weighted by Crippen LogP contribution is -2.18. The maximum Gasteiger partial charge on any atom is 0.311 e. The van der Waals surface area contributed by atoms with Crippen LogP contribution in [0.4, 0.5) is 0 Å². The largest absolute Gasteiger partial charge is 0.481 e. The van der Waals surface area contributed by atoms with E-state index in [-0.39, 0.29) is 5.92 Å². The van der Waals surface area contributed by atoms with Crippen molar-refractivity contribution in [1.82, 2.24) is 9.78 Å². The van der Waals surface area contributed by atoms with Gasteiger partial charge in [0.15, 0.2) is 0 Å². The van der Waals surface area contributed by atoms with Gasteiger partial charge in [-0.15, -0.1) is 0 Å². The summed E-state index contributed by atoms with van der Waals surface area (Å²) in [6.07, 6.45) is 0. The van der Waals surface area contributed by atoms with Crippen molar-refractivity contribution in [2.45, 2.75) is 26.7 Å². The van der Waals surface area contributed by atoms with Gasteiger partial charge in [-0.1, -0.05) is 25.4 Å². The first-order chi connectivity index (χ1) is 6.86. The van der Waals surface area contributed by atoms with Crippen LogP contribution in [0.5, 0.6) is 0 Å². The Morgan fingerprint density at radius 1 is 1.53 bits per heavy atom. The van der Waals surface area contributed by atoms with E-state index in [1.54, 1.807) is 14.0 Å². The monoisotopic (exact) mass is 230 g/mol. The van der Waals surface area contributed by atoms with Gasteiger partial charge in [0.1, 0.15) is 5.15 Å². The molecule has 15 heavy (non-hydrogen) atoms. The van der Waals surface area contributed by atoms with Gasteiger partial charge >= 0.3 is 5.97 Å². The van der Waals surface area contributed by atoms with Gasteiger partial charge in [-0.05, 0) is 12.8 Å². The van der Waals surface area contributed by atoms with Gasteiger partial charge in [0.25, 0.3) is 0 Å². The molecule has 0 aliphatic heterocycles. The molecule has 1 unspecified atom stereocenters. The normalized spacial score (nSPS) is 13.2. The average molecular weight is 231 g/mol. The van der Waals surface area contributed by atoms with E-state index in [1.807, 2.05) is 13.8 Å². The van der Waals surface area contributed by atoms with Crippen LogP contribution in [-0.2, 0) is 11.8 Å². The fourth-order valence-electron chi connectivity index (χ4n) is 1.74. The third kappa shape index (κ3) is 2.15. The van der Waals surface area contributed by atoms with E-state index in [1.165, 1.54) is 4.68 Å². The van der Waals surface area contributed by atoms with Crippen LogP contribution in [-0.4, -0.2) is 20.9 Å². The van der Waals surface area contributed by atoms with Crippen LogP contribution in [0.2, 0.25) is 5.15 Å². The Labute approximate surface area is 93.9 Å². The molecule has 5 heteroatoms. The summed E-state index contributed by atoms with van der Waals surface area (Å²) < 4.78 is 1.50. The summed E-state index contributed by atoms with van der Waals surface area (Å²) in [5.74, 6) is -1.46. The smallest absolute Gasteiger partial charge is 0.311 e. The van der Waals surface area contributed by atoms with E-state index in [0.717, 1.165) is 0 Å².